The number of ether oxygens (including phenoxy) is 2. The predicted molar refractivity (Wildman–Crippen MR) is 139 cm³/mol. The molecular weight excluding hydrogens is 508 g/mol. The number of aromatic nitrogens is 3. The Hall–Kier alpha value is -2.66. The van der Waals surface area contributed by atoms with Gasteiger partial charge in [-0.1, -0.05) is 0 Å². The highest BCUT2D eigenvalue weighted by atomic mass is 31.2. The van der Waals surface area contributed by atoms with Crippen LogP contribution in [0.2, 0.25) is 0 Å². The molecule has 37 heavy (non-hydrogen) atoms. The second kappa shape index (κ2) is 10.2. The van der Waals surface area contributed by atoms with Gasteiger partial charge in [-0.2, -0.15) is 23.1 Å². The largest absolute Gasteiger partial charge is 0.494 e. The van der Waals surface area contributed by atoms with Crippen LogP contribution in [0.5, 0.6) is 5.75 Å². The summed E-state index contributed by atoms with van der Waals surface area (Å²) in [6, 6.07) is 6.04. The van der Waals surface area contributed by atoms with Crippen molar-refractivity contribution in [3.63, 3.8) is 0 Å². The Morgan fingerprint density at radius 1 is 1.19 bits per heavy atom. The number of hydrogen-bond donors (Lipinski definition) is 4. The van der Waals surface area contributed by atoms with E-state index in [-0.39, 0.29) is 22.8 Å². The molecule has 0 atom stereocenters. The first-order chi connectivity index (χ1) is 17.7. The van der Waals surface area contributed by atoms with Crippen molar-refractivity contribution in [2.75, 3.05) is 63.4 Å². The summed E-state index contributed by atoms with van der Waals surface area (Å²) in [5.41, 5.74) is -0.232. The summed E-state index contributed by atoms with van der Waals surface area (Å²) in [6.07, 6.45) is -0.134. The van der Waals surface area contributed by atoms with Gasteiger partial charge < -0.3 is 25.1 Å². The maximum absolute atomic E-state index is 13.4. The SMILES string of the molecule is CNc1nc(Nc2ccc([P+]3(O)CCN(C4CCOCC4)CC3)cc2OC)nc2[nH]cc(C(F)(F)F)c12. The molecule has 2 aliphatic heterocycles. The Morgan fingerprint density at radius 2 is 1.92 bits per heavy atom. The molecule has 0 saturated carbocycles. The standard InChI is InChI=1S/C24H31F3N6O3P/c1-28-21-20-17(24(25,26)27)14-29-22(20)32-23(31-21)30-18-4-3-16(13-19(18)35-2)37(34)11-7-33(8-12-37)15-5-9-36-10-6-15/h3-4,13-15,34H,5-12H2,1-2H3,(H3,28,29,30,31,32)/q+1. The van der Waals surface area contributed by atoms with Gasteiger partial charge >= 0.3 is 6.18 Å². The number of anilines is 3. The van der Waals surface area contributed by atoms with Gasteiger partial charge in [0.25, 0.3) is 0 Å². The molecule has 5 rings (SSSR count). The lowest BCUT2D eigenvalue weighted by molar-refractivity contribution is -0.136. The first-order valence-electron chi connectivity index (χ1n) is 12.2. The lowest BCUT2D eigenvalue weighted by Crippen LogP contribution is -2.47. The third-order valence-electron chi connectivity index (χ3n) is 7.21. The van der Waals surface area contributed by atoms with E-state index in [2.05, 4.69) is 30.5 Å². The van der Waals surface area contributed by atoms with Gasteiger partial charge in [-0.15, -0.1) is 0 Å². The Morgan fingerprint density at radius 3 is 2.57 bits per heavy atom. The second-order valence-corrected chi connectivity index (χ2v) is 12.6. The van der Waals surface area contributed by atoms with Gasteiger partial charge in [0.1, 0.15) is 34.8 Å². The number of methoxy groups -OCH3 is 1. The van der Waals surface area contributed by atoms with Crippen LogP contribution in [0, 0.1) is 0 Å². The highest BCUT2D eigenvalue weighted by molar-refractivity contribution is 7.77. The van der Waals surface area contributed by atoms with E-state index >= 15 is 0 Å². The van der Waals surface area contributed by atoms with Crippen LogP contribution in [0.3, 0.4) is 0 Å². The zero-order valence-electron chi connectivity index (χ0n) is 20.7. The molecule has 9 nitrogen and oxygen atoms in total. The van der Waals surface area contributed by atoms with Gasteiger partial charge in [-0.3, -0.25) is 4.90 Å². The number of halogens is 3. The maximum Gasteiger partial charge on any atom is 0.418 e. The Labute approximate surface area is 213 Å². The Kier molecular flexibility index (Phi) is 7.19. The van der Waals surface area contributed by atoms with Crippen molar-refractivity contribution in [2.24, 2.45) is 0 Å². The van der Waals surface area contributed by atoms with E-state index in [1.54, 1.807) is 6.07 Å². The van der Waals surface area contributed by atoms with Gasteiger partial charge in [0.05, 0.1) is 23.7 Å². The van der Waals surface area contributed by atoms with E-state index < -0.39 is 19.2 Å². The van der Waals surface area contributed by atoms with Crippen molar-refractivity contribution in [1.29, 1.82) is 0 Å². The quantitative estimate of drug-likeness (QED) is 0.351. The van der Waals surface area contributed by atoms with Gasteiger partial charge in [-0.25, -0.2) is 4.89 Å². The predicted octanol–water partition coefficient (Wildman–Crippen LogP) is 3.82. The zero-order valence-corrected chi connectivity index (χ0v) is 21.6. The summed E-state index contributed by atoms with van der Waals surface area (Å²) >= 11 is 0. The molecule has 0 bridgehead atoms. The number of H-pyrrole nitrogens is 1. The fourth-order valence-electron chi connectivity index (χ4n) is 5.14. The minimum atomic E-state index is -4.54. The third kappa shape index (κ3) is 5.20. The molecule has 4 N–H and O–H groups in total. The van der Waals surface area contributed by atoms with E-state index in [9.17, 15) is 18.1 Å². The van der Waals surface area contributed by atoms with Gasteiger partial charge in [0, 0.05) is 51.7 Å². The summed E-state index contributed by atoms with van der Waals surface area (Å²) in [6.45, 7) is 3.31. The molecule has 0 aliphatic carbocycles. The number of fused-ring (bicyclic) bond motifs is 1. The monoisotopic (exact) mass is 539 g/mol. The molecule has 2 fully saturated rings. The van der Waals surface area contributed by atoms with E-state index in [0.717, 1.165) is 63.0 Å². The minimum absolute atomic E-state index is 0.0492. The van der Waals surface area contributed by atoms with Crippen LogP contribution >= 0.6 is 7.49 Å². The maximum atomic E-state index is 13.4. The van der Waals surface area contributed by atoms with E-state index in [0.29, 0.717) is 17.5 Å². The van der Waals surface area contributed by atoms with Crippen molar-refractivity contribution in [3.05, 3.63) is 30.0 Å². The molecule has 0 amide bonds. The Balaban J connectivity index is 1.36. The number of benzene rings is 1. The first-order valence-corrected chi connectivity index (χ1v) is 14.3. The summed E-state index contributed by atoms with van der Waals surface area (Å²) < 4.78 is 51.2. The molecule has 1 aromatic carbocycles. The van der Waals surface area contributed by atoms with Crippen LogP contribution in [-0.2, 0) is 10.9 Å². The summed E-state index contributed by atoms with van der Waals surface area (Å²) in [7, 11) is 0.699. The van der Waals surface area contributed by atoms with Crippen molar-refractivity contribution < 1.29 is 27.5 Å². The molecule has 3 aromatic rings. The molecule has 200 valence electrons. The van der Waals surface area contributed by atoms with E-state index in [1.165, 1.54) is 14.2 Å². The van der Waals surface area contributed by atoms with Crippen LogP contribution in [0.25, 0.3) is 11.0 Å². The zero-order chi connectivity index (χ0) is 26.2. The van der Waals surface area contributed by atoms with Crippen LogP contribution in [0.15, 0.2) is 24.4 Å². The lowest BCUT2D eigenvalue weighted by atomic mass is 10.1. The highest BCUT2D eigenvalue weighted by Crippen LogP contribution is 2.55. The molecular formula is C24H31F3N6O3P+. The van der Waals surface area contributed by atoms with Crippen LogP contribution < -0.4 is 20.7 Å². The van der Waals surface area contributed by atoms with Gasteiger partial charge in [0.15, 0.2) is 7.49 Å². The summed E-state index contributed by atoms with van der Waals surface area (Å²) in [5.74, 6) is 0.653. The molecule has 2 saturated heterocycles. The number of rotatable bonds is 6. The van der Waals surface area contributed by atoms with Crippen molar-refractivity contribution >= 4 is 41.3 Å². The fraction of sp³-hybridized carbons (Fsp3) is 0.500. The second-order valence-electron chi connectivity index (χ2n) is 9.33. The van der Waals surface area contributed by atoms with Crippen LogP contribution in [0.4, 0.5) is 30.6 Å². The molecule has 0 radical (unpaired) electrons. The topological polar surface area (TPSA) is 108 Å². The Bertz CT molecular complexity index is 1260. The number of nitrogens with one attached hydrogen (secondary N) is 3. The number of nitrogens with zero attached hydrogens (tertiary/aromatic N) is 3. The van der Waals surface area contributed by atoms with Crippen molar-refractivity contribution in [1.82, 2.24) is 19.9 Å². The fourth-order valence-corrected chi connectivity index (χ4v) is 7.77. The lowest BCUT2D eigenvalue weighted by Gasteiger charge is -2.38. The normalized spacial score (nSPS) is 19.2. The molecule has 0 spiro atoms. The smallest absolute Gasteiger partial charge is 0.418 e. The van der Waals surface area contributed by atoms with E-state index in [1.807, 2.05) is 12.1 Å². The molecule has 2 aliphatic rings. The number of aromatic amines is 1. The third-order valence-corrected chi connectivity index (χ3v) is 10.3. The minimum Gasteiger partial charge on any atom is -0.494 e. The first kappa shape index (κ1) is 26.0. The van der Waals surface area contributed by atoms with Crippen molar-refractivity contribution in [3.8, 4) is 5.75 Å². The summed E-state index contributed by atoms with van der Waals surface area (Å²) in [5, 5.41) is 6.52. The average molecular weight is 540 g/mol. The van der Waals surface area contributed by atoms with Gasteiger partial charge in [0.2, 0.25) is 5.95 Å². The molecule has 0 unspecified atom stereocenters. The number of alkyl halides is 3. The van der Waals surface area contributed by atoms with Gasteiger partial charge in [-0.05, 0) is 25.0 Å². The summed E-state index contributed by atoms with van der Waals surface area (Å²) in [4.78, 5) is 25.1. The molecule has 4 heterocycles. The van der Waals surface area contributed by atoms with Crippen LogP contribution in [0.1, 0.15) is 18.4 Å². The average Bonchev–Trinajstić information content (AvgIpc) is 3.34. The van der Waals surface area contributed by atoms with E-state index in [4.69, 9.17) is 9.47 Å². The van der Waals surface area contributed by atoms with Crippen LogP contribution in [-0.4, -0.2) is 83.6 Å². The van der Waals surface area contributed by atoms with Crippen molar-refractivity contribution in [2.45, 2.75) is 25.1 Å². The molecule has 13 heteroatoms. The number of hydrogen-bond acceptors (Lipinski definition) is 8. The highest BCUT2D eigenvalue weighted by Gasteiger charge is 2.44. The molecule has 2 aromatic heterocycles.